The van der Waals surface area contributed by atoms with E-state index in [-0.39, 0.29) is 0 Å². The van der Waals surface area contributed by atoms with E-state index in [0.29, 0.717) is 12.1 Å². The largest absolute Gasteiger partial charge is 0.366 e. The summed E-state index contributed by atoms with van der Waals surface area (Å²) in [4.78, 5) is 2.56. The molecular weight excluding hydrogens is 268 g/mol. The number of nitrogens with zero attached hydrogens (tertiary/aromatic N) is 1. The standard InChI is InChI=1S/C17H25ClN2/c1-3-15-8-4-12(2)20(15)16-9-5-13(17(18)10-16)11-19-14-6-7-14/h5,9-10,12,14-15,19H,3-4,6-8,11H2,1-2H3. The Kier molecular flexibility index (Phi) is 4.23. The smallest absolute Gasteiger partial charge is 0.0471 e. The molecule has 3 rings (SSSR count). The summed E-state index contributed by atoms with van der Waals surface area (Å²) in [5, 5.41) is 4.44. The highest BCUT2D eigenvalue weighted by atomic mass is 35.5. The Hall–Kier alpha value is -0.730. The van der Waals surface area contributed by atoms with Crippen LogP contribution in [0.15, 0.2) is 18.2 Å². The summed E-state index contributed by atoms with van der Waals surface area (Å²) < 4.78 is 0. The number of anilines is 1. The van der Waals surface area contributed by atoms with Gasteiger partial charge in [0.15, 0.2) is 0 Å². The minimum absolute atomic E-state index is 0.631. The van der Waals surface area contributed by atoms with Crippen molar-refractivity contribution >= 4 is 17.3 Å². The first-order chi connectivity index (χ1) is 9.69. The average molecular weight is 293 g/mol. The zero-order valence-electron chi connectivity index (χ0n) is 12.5. The molecule has 1 heterocycles. The van der Waals surface area contributed by atoms with Crippen LogP contribution in [0.2, 0.25) is 5.02 Å². The van der Waals surface area contributed by atoms with Crippen LogP contribution < -0.4 is 10.2 Å². The van der Waals surface area contributed by atoms with Crippen molar-refractivity contribution in [1.29, 1.82) is 0 Å². The third-order valence-corrected chi connectivity index (χ3v) is 5.10. The molecule has 2 nitrogen and oxygen atoms in total. The lowest BCUT2D eigenvalue weighted by atomic mass is 10.1. The SMILES string of the molecule is CCC1CCC(C)N1c1ccc(CNC2CC2)c(Cl)c1. The van der Waals surface area contributed by atoms with Crippen LogP contribution in [-0.4, -0.2) is 18.1 Å². The van der Waals surface area contributed by atoms with Crippen molar-refractivity contribution in [2.45, 2.75) is 70.6 Å². The quantitative estimate of drug-likeness (QED) is 0.867. The van der Waals surface area contributed by atoms with E-state index in [2.05, 4.69) is 42.3 Å². The van der Waals surface area contributed by atoms with E-state index < -0.39 is 0 Å². The molecule has 3 heteroatoms. The molecule has 1 aromatic carbocycles. The number of benzene rings is 1. The van der Waals surface area contributed by atoms with Gasteiger partial charge >= 0.3 is 0 Å². The van der Waals surface area contributed by atoms with Crippen LogP contribution in [0.25, 0.3) is 0 Å². The fraction of sp³-hybridized carbons (Fsp3) is 0.647. The van der Waals surface area contributed by atoms with Gasteiger partial charge < -0.3 is 10.2 Å². The molecule has 2 unspecified atom stereocenters. The van der Waals surface area contributed by atoms with Gasteiger partial charge in [-0.25, -0.2) is 0 Å². The van der Waals surface area contributed by atoms with E-state index in [9.17, 15) is 0 Å². The van der Waals surface area contributed by atoms with Gasteiger partial charge in [-0.2, -0.15) is 0 Å². The number of rotatable bonds is 5. The first-order valence-electron chi connectivity index (χ1n) is 7.99. The number of hydrogen-bond donors (Lipinski definition) is 1. The summed E-state index contributed by atoms with van der Waals surface area (Å²) in [6.45, 7) is 5.51. The van der Waals surface area contributed by atoms with E-state index in [1.807, 2.05) is 0 Å². The third kappa shape index (κ3) is 2.96. The van der Waals surface area contributed by atoms with Crippen molar-refractivity contribution in [2.75, 3.05) is 4.90 Å². The second-order valence-electron chi connectivity index (χ2n) is 6.33. The van der Waals surface area contributed by atoms with Crippen molar-refractivity contribution in [3.05, 3.63) is 28.8 Å². The highest BCUT2D eigenvalue weighted by Crippen LogP contribution is 2.34. The molecule has 110 valence electrons. The first-order valence-corrected chi connectivity index (χ1v) is 8.37. The number of hydrogen-bond acceptors (Lipinski definition) is 2. The summed E-state index contributed by atoms with van der Waals surface area (Å²) in [5.74, 6) is 0. The Morgan fingerprint density at radius 2 is 2.05 bits per heavy atom. The Bertz CT molecular complexity index is 470. The number of nitrogens with one attached hydrogen (secondary N) is 1. The molecule has 0 amide bonds. The predicted octanol–water partition coefficient (Wildman–Crippen LogP) is 4.36. The second kappa shape index (κ2) is 5.95. The van der Waals surface area contributed by atoms with Gasteiger partial charge in [0.2, 0.25) is 0 Å². The van der Waals surface area contributed by atoms with Crippen molar-refractivity contribution in [2.24, 2.45) is 0 Å². The maximum Gasteiger partial charge on any atom is 0.0471 e. The van der Waals surface area contributed by atoms with Gasteiger partial charge in [0.05, 0.1) is 0 Å². The van der Waals surface area contributed by atoms with Gasteiger partial charge in [0.1, 0.15) is 0 Å². The van der Waals surface area contributed by atoms with E-state index >= 15 is 0 Å². The summed E-state index contributed by atoms with van der Waals surface area (Å²) in [6, 6.07) is 8.65. The van der Waals surface area contributed by atoms with E-state index in [0.717, 1.165) is 17.6 Å². The van der Waals surface area contributed by atoms with Crippen LogP contribution >= 0.6 is 11.6 Å². The summed E-state index contributed by atoms with van der Waals surface area (Å²) in [6.07, 6.45) is 6.45. The van der Waals surface area contributed by atoms with Crippen LogP contribution in [0, 0.1) is 0 Å². The van der Waals surface area contributed by atoms with Gasteiger partial charge in [-0.05, 0) is 56.7 Å². The summed E-state index contributed by atoms with van der Waals surface area (Å²) in [7, 11) is 0. The minimum Gasteiger partial charge on any atom is -0.366 e. The Balaban J connectivity index is 1.74. The first kappa shape index (κ1) is 14.2. The number of halogens is 1. The molecule has 2 atom stereocenters. The van der Waals surface area contributed by atoms with Crippen molar-refractivity contribution in [1.82, 2.24) is 5.32 Å². The lowest BCUT2D eigenvalue weighted by molar-refractivity contribution is 0.627. The third-order valence-electron chi connectivity index (χ3n) is 4.75. The molecule has 20 heavy (non-hydrogen) atoms. The Morgan fingerprint density at radius 1 is 1.25 bits per heavy atom. The van der Waals surface area contributed by atoms with Crippen molar-refractivity contribution in [3.8, 4) is 0 Å². The van der Waals surface area contributed by atoms with Gasteiger partial charge in [-0.15, -0.1) is 0 Å². The highest BCUT2D eigenvalue weighted by molar-refractivity contribution is 6.31. The topological polar surface area (TPSA) is 15.3 Å². The lowest BCUT2D eigenvalue weighted by Crippen LogP contribution is -2.34. The van der Waals surface area contributed by atoms with Crippen LogP contribution in [0.5, 0.6) is 0 Å². The van der Waals surface area contributed by atoms with Crippen molar-refractivity contribution in [3.63, 3.8) is 0 Å². The molecule has 1 aliphatic carbocycles. The molecule has 1 aromatic rings. The second-order valence-corrected chi connectivity index (χ2v) is 6.73. The zero-order valence-corrected chi connectivity index (χ0v) is 13.3. The molecule has 2 fully saturated rings. The van der Waals surface area contributed by atoms with Gasteiger partial charge in [0, 0.05) is 35.4 Å². The molecule has 1 aliphatic heterocycles. The molecule has 0 spiro atoms. The van der Waals surface area contributed by atoms with Crippen LogP contribution in [0.1, 0.15) is 51.5 Å². The van der Waals surface area contributed by atoms with Crippen LogP contribution in [0.3, 0.4) is 0 Å². The highest BCUT2D eigenvalue weighted by Gasteiger charge is 2.29. The lowest BCUT2D eigenvalue weighted by Gasteiger charge is -2.30. The van der Waals surface area contributed by atoms with Gasteiger partial charge in [-0.3, -0.25) is 0 Å². The monoisotopic (exact) mass is 292 g/mol. The molecule has 0 aromatic heterocycles. The van der Waals surface area contributed by atoms with E-state index in [1.165, 1.54) is 43.4 Å². The molecule has 1 saturated carbocycles. The Morgan fingerprint density at radius 3 is 2.70 bits per heavy atom. The predicted molar refractivity (Wildman–Crippen MR) is 86.6 cm³/mol. The maximum atomic E-state index is 6.48. The summed E-state index contributed by atoms with van der Waals surface area (Å²) in [5.41, 5.74) is 2.52. The zero-order chi connectivity index (χ0) is 14.1. The fourth-order valence-corrected chi connectivity index (χ4v) is 3.56. The van der Waals surface area contributed by atoms with E-state index in [4.69, 9.17) is 11.6 Å². The fourth-order valence-electron chi connectivity index (χ4n) is 3.32. The van der Waals surface area contributed by atoms with Crippen LogP contribution in [-0.2, 0) is 6.54 Å². The summed E-state index contributed by atoms with van der Waals surface area (Å²) >= 11 is 6.48. The van der Waals surface area contributed by atoms with Crippen molar-refractivity contribution < 1.29 is 0 Å². The molecular formula is C17H25ClN2. The maximum absolute atomic E-state index is 6.48. The normalized spacial score (nSPS) is 26.2. The minimum atomic E-state index is 0.631. The van der Waals surface area contributed by atoms with Gasteiger partial charge in [-0.1, -0.05) is 24.6 Å². The Labute approximate surface area is 127 Å². The molecule has 1 N–H and O–H groups in total. The average Bonchev–Trinajstić information content (AvgIpc) is 3.19. The molecule has 0 radical (unpaired) electrons. The van der Waals surface area contributed by atoms with Gasteiger partial charge in [0.25, 0.3) is 0 Å². The van der Waals surface area contributed by atoms with Crippen LogP contribution in [0.4, 0.5) is 5.69 Å². The molecule has 0 bridgehead atoms. The molecule has 1 saturated heterocycles. The molecule has 2 aliphatic rings. The van der Waals surface area contributed by atoms with E-state index in [1.54, 1.807) is 0 Å².